The van der Waals surface area contributed by atoms with Gasteiger partial charge in [-0.1, -0.05) is 0 Å². The van der Waals surface area contributed by atoms with Gasteiger partial charge in [0.15, 0.2) is 0 Å². The molecule has 1 atom stereocenters. The number of hydrogen-bond donors (Lipinski definition) is 0. The van der Waals surface area contributed by atoms with E-state index in [1.54, 1.807) is 12.0 Å². The Bertz CT molecular complexity index is 798. The second-order valence-electron chi connectivity index (χ2n) is 9.40. The summed E-state index contributed by atoms with van der Waals surface area (Å²) in [6.45, 7) is 6.04. The van der Waals surface area contributed by atoms with Gasteiger partial charge in [0, 0.05) is 76.0 Å². The van der Waals surface area contributed by atoms with Crippen molar-refractivity contribution in [2.75, 3.05) is 46.5 Å². The molecule has 3 fully saturated rings. The zero-order valence-corrected chi connectivity index (χ0v) is 18.5. The number of carbonyl (C=O) groups excluding carboxylic acids is 1. The highest BCUT2D eigenvalue weighted by atomic mass is 19.3. The van der Waals surface area contributed by atoms with Crippen molar-refractivity contribution in [1.82, 2.24) is 14.8 Å². The molecule has 6 nitrogen and oxygen atoms in total. The lowest BCUT2D eigenvalue weighted by Crippen LogP contribution is -2.46. The maximum absolute atomic E-state index is 13.8. The van der Waals surface area contributed by atoms with E-state index in [-0.39, 0.29) is 36.6 Å². The third-order valence-electron chi connectivity index (χ3n) is 7.22. The van der Waals surface area contributed by atoms with Gasteiger partial charge in [0.1, 0.15) is 0 Å². The van der Waals surface area contributed by atoms with E-state index in [0.29, 0.717) is 45.1 Å². The summed E-state index contributed by atoms with van der Waals surface area (Å²) in [6.07, 6.45) is 3.50. The lowest BCUT2D eigenvalue weighted by Gasteiger charge is -2.39. The summed E-state index contributed by atoms with van der Waals surface area (Å²) in [6, 6.07) is 2.08. The van der Waals surface area contributed by atoms with Crippen LogP contribution in [0.5, 0.6) is 5.88 Å². The largest absolute Gasteiger partial charge is 0.481 e. The first-order chi connectivity index (χ1) is 14.8. The van der Waals surface area contributed by atoms with Crippen molar-refractivity contribution >= 4 is 5.91 Å². The van der Waals surface area contributed by atoms with Crippen molar-refractivity contribution in [1.29, 1.82) is 0 Å². The number of aryl methyl sites for hydroxylation is 1. The SMILES string of the molecule is COc1ncc(CN2CC(C(=O)N3CCCC(F)(F)CC3)C3(CCOCC3)C2)cc1C. The van der Waals surface area contributed by atoms with E-state index in [4.69, 9.17) is 9.47 Å². The van der Waals surface area contributed by atoms with Crippen LogP contribution in [0.15, 0.2) is 12.3 Å². The third kappa shape index (κ3) is 4.85. The van der Waals surface area contributed by atoms with Crippen molar-refractivity contribution in [3.8, 4) is 5.88 Å². The molecule has 1 unspecified atom stereocenters. The molecule has 0 N–H and O–H groups in total. The minimum Gasteiger partial charge on any atom is -0.481 e. The number of halogens is 2. The molecule has 4 heterocycles. The molecule has 1 aromatic heterocycles. The average molecular weight is 438 g/mol. The summed E-state index contributed by atoms with van der Waals surface area (Å²) < 4.78 is 38.5. The summed E-state index contributed by atoms with van der Waals surface area (Å²) in [5.41, 5.74) is 1.93. The Kier molecular flexibility index (Phi) is 6.49. The maximum atomic E-state index is 13.8. The van der Waals surface area contributed by atoms with Crippen LogP contribution in [0.4, 0.5) is 8.78 Å². The number of methoxy groups -OCH3 is 1. The van der Waals surface area contributed by atoms with Crippen LogP contribution < -0.4 is 4.74 Å². The number of rotatable bonds is 4. The Morgan fingerprint density at radius 1 is 1.26 bits per heavy atom. The van der Waals surface area contributed by atoms with Crippen LogP contribution in [0.25, 0.3) is 0 Å². The van der Waals surface area contributed by atoms with E-state index in [1.807, 2.05) is 13.1 Å². The summed E-state index contributed by atoms with van der Waals surface area (Å²) in [7, 11) is 1.61. The smallest absolute Gasteiger partial charge is 0.249 e. The lowest BCUT2D eigenvalue weighted by atomic mass is 9.71. The van der Waals surface area contributed by atoms with Gasteiger partial charge in [-0.2, -0.15) is 0 Å². The number of hydrogen-bond acceptors (Lipinski definition) is 5. The van der Waals surface area contributed by atoms with Crippen LogP contribution in [0, 0.1) is 18.3 Å². The Labute approximate surface area is 182 Å². The molecular weight excluding hydrogens is 404 g/mol. The molecule has 4 rings (SSSR count). The number of nitrogens with zero attached hydrogens (tertiary/aromatic N) is 3. The van der Waals surface area contributed by atoms with Gasteiger partial charge in [-0.3, -0.25) is 9.69 Å². The fourth-order valence-electron chi connectivity index (χ4n) is 5.50. The first-order valence-corrected chi connectivity index (χ1v) is 11.3. The number of carbonyl (C=O) groups is 1. The highest BCUT2D eigenvalue weighted by Crippen LogP contribution is 2.46. The Hall–Kier alpha value is -1.80. The van der Waals surface area contributed by atoms with Crippen molar-refractivity contribution in [3.05, 3.63) is 23.4 Å². The minimum atomic E-state index is -2.66. The average Bonchev–Trinajstić information content (AvgIpc) is 2.95. The summed E-state index contributed by atoms with van der Waals surface area (Å²) in [5, 5.41) is 0. The molecule has 0 aliphatic carbocycles. The maximum Gasteiger partial charge on any atom is 0.249 e. The quantitative estimate of drug-likeness (QED) is 0.724. The number of ether oxygens (including phenoxy) is 2. The molecule has 8 heteroatoms. The van der Waals surface area contributed by atoms with Gasteiger partial charge < -0.3 is 14.4 Å². The van der Waals surface area contributed by atoms with Gasteiger partial charge in [0.05, 0.1) is 13.0 Å². The molecule has 1 aromatic rings. The molecule has 31 heavy (non-hydrogen) atoms. The van der Waals surface area contributed by atoms with Gasteiger partial charge in [-0.25, -0.2) is 13.8 Å². The monoisotopic (exact) mass is 437 g/mol. The summed E-state index contributed by atoms with van der Waals surface area (Å²) >= 11 is 0. The molecule has 1 spiro atoms. The molecule has 0 radical (unpaired) electrons. The number of likely N-dealkylation sites (tertiary alicyclic amines) is 2. The van der Waals surface area contributed by atoms with E-state index in [0.717, 1.165) is 30.5 Å². The third-order valence-corrected chi connectivity index (χ3v) is 7.22. The number of amides is 1. The van der Waals surface area contributed by atoms with Gasteiger partial charge in [-0.15, -0.1) is 0 Å². The van der Waals surface area contributed by atoms with E-state index in [2.05, 4.69) is 16.0 Å². The van der Waals surface area contributed by atoms with Crippen molar-refractivity contribution in [2.24, 2.45) is 11.3 Å². The van der Waals surface area contributed by atoms with Crippen molar-refractivity contribution in [3.63, 3.8) is 0 Å². The number of alkyl halides is 2. The van der Waals surface area contributed by atoms with Crippen LogP contribution in [0.1, 0.15) is 43.2 Å². The molecule has 3 saturated heterocycles. The van der Waals surface area contributed by atoms with Gasteiger partial charge in [0.25, 0.3) is 0 Å². The first-order valence-electron chi connectivity index (χ1n) is 11.3. The fourth-order valence-corrected chi connectivity index (χ4v) is 5.50. The van der Waals surface area contributed by atoms with Crippen LogP contribution in [0.3, 0.4) is 0 Å². The van der Waals surface area contributed by atoms with Crippen LogP contribution in [-0.2, 0) is 16.1 Å². The summed E-state index contributed by atoms with van der Waals surface area (Å²) in [4.78, 5) is 22.0. The molecule has 0 aromatic carbocycles. The second-order valence-corrected chi connectivity index (χ2v) is 9.40. The standard InChI is InChI=1S/C23H33F2N3O3/c1-17-12-18(13-26-20(17)30-2)14-27-15-19(22(16-27)6-10-31-11-7-22)21(29)28-8-3-4-23(24,25)5-9-28/h12-13,19H,3-11,14-16H2,1-2H3. The molecule has 3 aliphatic rings. The highest BCUT2D eigenvalue weighted by molar-refractivity contribution is 5.80. The Morgan fingerprint density at radius 3 is 2.74 bits per heavy atom. The molecule has 0 saturated carbocycles. The molecule has 1 amide bonds. The highest BCUT2D eigenvalue weighted by Gasteiger charge is 2.51. The minimum absolute atomic E-state index is 0.0473. The van der Waals surface area contributed by atoms with Crippen LogP contribution in [0.2, 0.25) is 0 Å². The first kappa shape index (κ1) is 22.4. The lowest BCUT2D eigenvalue weighted by molar-refractivity contribution is -0.140. The van der Waals surface area contributed by atoms with Gasteiger partial charge >= 0.3 is 0 Å². The predicted octanol–water partition coefficient (Wildman–Crippen LogP) is 3.28. The van der Waals surface area contributed by atoms with Gasteiger partial charge in [-0.05, 0) is 37.8 Å². The molecular formula is C23H33F2N3O3. The number of pyridine rings is 1. The topological polar surface area (TPSA) is 54.9 Å². The summed E-state index contributed by atoms with van der Waals surface area (Å²) in [5.74, 6) is -2.16. The molecule has 0 bridgehead atoms. The van der Waals surface area contributed by atoms with E-state index < -0.39 is 5.92 Å². The van der Waals surface area contributed by atoms with Gasteiger partial charge in [0.2, 0.25) is 17.7 Å². The Balaban J connectivity index is 1.50. The van der Waals surface area contributed by atoms with Crippen LogP contribution >= 0.6 is 0 Å². The van der Waals surface area contributed by atoms with E-state index in [1.165, 1.54) is 0 Å². The van der Waals surface area contributed by atoms with Crippen molar-refractivity contribution in [2.45, 2.75) is 51.5 Å². The predicted molar refractivity (Wildman–Crippen MR) is 112 cm³/mol. The second kappa shape index (κ2) is 8.98. The Morgan fingerprint density at radius 2 is 2.03 bits per heavy atom. The van der Waals surface area contributed by atoms with E-state index in [9.17, 15) is 13.6 Å². The zero-order chi connectivity index (χ0) is 22.1. The fraction of sp³-hybridized carbons (Fsp3) is 0.739. The van der Waals surface area contributed by atoms with Crippen LogP contribution in [-0.4, -0.2) is 73.1 Å². The number of aromatic nitrogens is 1. The molecule has 172 valence electrons. The molecule has 3 aliphatic heterocycles. The zero-order valence-electron chi connectivity index (χ0n) is 18.5. The normalized spacial score (nSPS) is 26.1. The van der Waals surface area contributed by atoms with Crippen molar-refractivity contribution < 1.29 is 23.0 Å². The van der Waals surface area contributed by atoms with E-state index >= 15 is 0 Å².